The Kier molecular flexibility index (Phi) is 5.96. The number of alkyl carbamates (subject to hydrolysis) is 1. The third-order valence-electron chi connectivity index (χ3n) is 6.81. The number of rotatable bonds is 5. The first kappa shape index (κ1) is 22.9. The van der Waals surface area contributed by atoms with Gasteiger partial charge in [0.2, 0.25) is 11.8 Å². The van der Waals surface area contributed by atoms with Crippen LogP contribution < -0.4 is 10.6 Å². The summed E-state index contributed by atoms with van der Waals surface area (Å²) in [5.74, 6) is -2.85. The molecule has 5 rings (SSSR count). The quantitative estimate of drug-likeness (QED) is 0.637. The maximum Gasteiger partial charge on any atom is 0.407 e. The number of fused-ring (bicyclic) bond motifs is 1. The van der Waals surface area contributed by atoms with Crippen LogP contribution in [0.25, 0.3) is 0 Å². The van der Waals surface area contributed by atoms with Gasteiger partial charge in [-0.05, 0) is 60.1 Å². The lowest BCUT2D eigenvalue weighted by atomic mass is 9.77. The van der Waals surface area contributed by atoms with Crippen molar-refractivity contribution in [2.24, 2.45) is 0 Å². The summed E-state index contributed by atoms with van der Waals surface area (Å²) in [5, 5.41) is 4.94. The topological polar surface area (TPSA) is 105 Å². The Morgan fingerprint density at radius 3 is 2.63 bits per heavy atom. The third-order valence-corrected chi connectivity index (χ3v) is 6.81. The van der Waals surface area contributed by atoms with E-state index >= 15 is 0 Å². The zero-order valence-electron chi connectivity index (χ0n) is 18.7. The molecule has 10 heteroatoms. The second-order valence-corrected chi connectivity index (χ2v) is 9.11. The van der Waals surface area contributed by atoms with Gasteiger partial charge in [-0.15, -0.1) is 0 Å². The fourth-order valence-electron chi connectivity index (χ4n) is 4.78. The molecule has 1 atom stereocenters. The Labute approximate surface area is 199 Å². The molecule has 1 saturated heterocycles. The van der Waals surface area contributed by atoms with Crippen LogP contribution in [0.2, 0.25) is 0 Å². The van der Waals surface area contributed by atoms with Crippen LogP contribution >= 0.6 is 0 Å². The smallest absolute Gasteiger partial charge is 0.407 e. The molecule has 0 spiro atoms. The number of benzene rings is 2. The molecule has 2 heterocycles. The van der Waals surface area contributed by atoms with Gasteiger partial charge in [0.15, 0.2) is 11.6 Å². The van der Waals surface area contributed by atoms with Crippen molar-refractivity contribution < 1.29 is 32.7 Å². The van der Waals surface area contributed by atoms with Crippen LogP contribution in [0.3, 0.4) is 0 Å². The number of piperidine rings is 1. The van der Waals surface area contributed by atoms with Crippen molar-refractivity contribution in [3.63, 3.8) is 0 Å². The second-order valence-electron chi connectivity index (χ2n) is 9.11. The SMILES string of the molecule is O=C1CCC(N2Cc3ccc(CNC(=O)OC4CC(c5ccc(F)c(F)c5)C4)cc3C2=O)C(=O)N1. The Morgan fingerprint density at radius 1 is 1.09 bits per heavy atom. The summed E-state index contributed by atoms with van der Waals surface area (Å²) in [6.07, 6.45) is 0.635. The van der Waals surface area contributed by atoms with E-state index in [2.05, 4.69) is 10.6 Å². The first-order valence-electron chi connectivity index (χ1n) is 11.4. The molecule has 4 amide bonds. The summed E-state index contributed by atoms with van der Waals surface area (Å²) in [7, 11) is 0. The fraction of sp³-hybridized carbons (Fsp3) is 0.360. The van der Waals surface area contributed by atoms with Crippen molar-refractivity contribution in [3.8, 4) is 0 Å². The number of hydrogen-bond donors (Lipinski definition) is 2. The monoisotopic (exact) mass is 483 g/mol. The van der Waals surface area contributed by atoms with Gasteiger partial charge in [-0.25, -0.2) is 13.6 Å². The van der Waals surface area contributed by atoms with Gasteiger partial charge >= 0.3 is 6.09 Å². The van der Waals surface area contributed by atoms with Crippen molar-refractivity contribution >= 4 is 23.8 Å². The molecule has 3 aliphatic rings. The Bertz CT molecular complexity index is 1230. The molecule has 8 nitrogen and oxygen atoms in total. The van der Waals surface area contributed by atoms with Crippen molar-refractivity contribution in [1.29, 1.82) is 0 Å². The number of nitrogens with zero attached hydrogens (tertiary/aromatic N) is 1. The number of ether oxygens (including phenoxy) is 1. The molecule has 2 aromatic rings. The average molecular weight is 483 g/mol. The summed E-state index contributed by atoms with van der Waals surface area (Å²) in [6.45, 7) is 0.439. The standard InChI is InChI=1S/C25H23F2N3O5/c26-19-4-3-14(10-20(19)27)16-8-17(9-16)35-25(34)28-11-13-1-2-15-12-30(24(33)18(15)7-13)21-5-6-22(31)29-23(21)32/h1-4,7,10,16-17,21H,5-6,8-9,11-12H2,(H,28,34)(H,29,31,32). The third kappa shape index (κ3) is 4.60. The van der Waals surface area contributed by atoms with Crippen LogP contribution in [0.4, 0.5) is 13.6 Å². The lowest BCUT2D eigenvalue weighted by Gasteiger charge is -2.34. The van der Waals surface area contributed by atoms with Crippen LogP contribution in [0.15, 0.2) is 36.4 Å². The molecule has 182 valence electrons. The average Bonchev–Trinajstić information content (AvgIpc) is 3.12. The minimum absolute atomic E-state index is 0.0120. The number of imide groups is 1. The summed E-state index contributed by atoms with van der Waals surface area (Å²) in [4.78, 5) is 50.1. The van der Waals surface area contributed by atoms with E-state index in [0.29, 0.717) is 36.0 Å². The lowest BCUT2D eigenvalue weighted by molar-refractivity contribution is -0.136. The molecule has 0 aromatic heterocycles. The number of halogens is 2. The highest BCUT2D eigenvalue weighted by atomic mass is 19.2. The van der Waals surface area contributed by atoms with Crippen LogP contribution in [0.5, 0.6) is 0 Å². The number of carbonyl (C=O) groups is 4. The highest BCUT2D eigenvalue weighted by Crippen LogP contribution is 2.39. The van der Waals surface area contributed by atoms with Crippen LogP contribution in [0.1, 0.15) is 58.6 Å². The van der Waals surface area contributed by atoms with E-state index in [0.717, 1.165) is 11.6 Å². The van der Waals surface area contributed by atoms with Crippen LogP contribution in [-0.4, -0.2) is 40.9 Å². The minimum Gasteiger partial charge on any atom is -0.446 e. The first-order valence-corrected chi connectivity index (χ1v) is 11.4. The molecule has 2 aliphatic heterocycles. The van der Waals surface area contributed by atoms with Gasteiger partial charge in [-0.1, -0.05) is 18.2 Å². The minimum atomic E-state index is -0.891. The zero-order valence-corrected chi connectivity index (χ0v) is 18.7. The Hall–Kier alpha value is -3.82. The van der Waals surface area contributed by atoms with E-state index in [-0.39, 0.29) is 43.3 Å². The van der Waals surface area contributed by atoms with Crippen LogP contribution in [-0.2, 0) is 27.4 Å². The van der Waals surface area contributed by atoms with E-state index in [1.807, 2.05) is 0 Å². The summed E-state index contributed by atoms with van der Waals surface area (Å²) < 4.78 is 31.9. The van der Waals surface area contributed by atoms with E-state index in [1.54, 1.807) is 18.2 Å². The van der Waals surface area contributed by atoms with Gasteiger partial charge in [0.25, 0.3) is 5.91 Å². The Balaban J connectivity index is 1.12. The summed E-state index contributed by atoms with van der Waals surface area (Å²) >= 11 is 0. The molecule has 2 fully saturated rings. The molecule has 0 bridgehead atoms. The molecular formula is C25H23F2N3O5. The number of carbonyl (C=O) groups excluding carboxylic acids is 4. The van der Waals surface area contributed by atoms with Gasteiger partial charge in [0.1, 0.15) is 12.1 Å². The predicted molar refractivity (Wildman–Crippen MR) is 118 cm³/mol. The molecule has 2 aromatic carbocycles. The zero-order chi connectivity index (χ0) is 24.7. The predicted octanol–water partition coefficient (Wildman–Crippen LogP) is 2.90. The maximum absolute atomic E-state index is 13.4. The molecule has 1 saturated carbocycles. The van der Waals surface area contributed by atoms with E-state index in [4.69, 9.17) is 4.74 Å². The van der Waals surface area contributed by atoms with Crippen molar-refractivity contribution in [3.05, 3.63) is 70.3 Å². The van der Waals surface area contributed by atoms with Crippen molar-refractivity contribution in [1.82, 2.24) is 15.5 Å². The number of hydrogen-bond acceptors (Lipinski definition) is 5. The van der Waals surface area contributed by atoms with Gasteiger partial charge in [0, 0.05) is 25.1 Å². The van der Waals surface area contributed by atoms with E-state index in [1.165, 1.54) is 17.0 Å². The van der Waals surface area contributed by atoms with Gasteiger partial charge in [-0.3, -0.25) is 19.7 Å². The first-order chi connectivity index (χ1) is 16.8. The summed E-state index contributed by atoms with van der Waals surface area (Å²) in [5.41, 5.74) is 2.63. The maximum atomic E-state index is 13.4. The Morgan fingerprint density at radius 2 is 1.89 bits per heavy atom. The fourth-order valence-corrected chi connectivity index (χ4v) is 4.78. The van der Waals surface area contributed by atoms with Crippen molar-refractivity contribution in [2.75, 3.05) is 0 Å². The van der Waals surface area contributed by atoms with Gasteiger partial charge in [0.05, 0.1) is 0 Å². The van der Waals surface area contributed by atoms with Crippen LogP contribution in [0, 0.1) is 11.6 Å². The molecule has 35 heavy (non-hydrogen) atoms. The normalized spacial score (nSPS) is 23.4. The number of nitrogens with one attached hydrogen (secondary N) is 2. The molecule has 2 N–H and O–H groups in total. The molecule has 1 aliphatic carbocycles. The lowest BCUT2D eigenvalue weighted by Crippen LogP contribution is -2.52. The molecule has 1 unspecified atom stereocenters. The van der Waals surface area contributed by atoms with Crippen molar-refractivity contribution in [2.45, 2.75) is 56.8 Å². The highest BCUT2D eigenvalue weighted by molar-refractivity contribution is 6.05. The van der Waals surface area contributed by atoms with Gasteiger partial charge < -0.3 is 15.0 Å². The molecule has 0 radical (unpaired) electrons. The molecular weight excluding hydrogens is 460 g/mol. The van der Waals surface area contributed by atoms with E-state index < -0.39 is 29.7 Å². The summed E-state index contributed by atoms with van der Waals surface area (Å²) in [6, 6.07) is 8.40. The van der Waals surface area contributed by atoms with Gasteiger partial charge in [-0.2, -0.15) is 0 Å². The highest BCUT2D eigenvalue weighted by Gasteiger charge is 2.39. The second kappa shape index (κ2) is 9.09. The van der Waals surface area contributed by atoms with E-state index in [9.17, 15) is 28.0 Å². The number of amides is 4. The largest absolute Gasteiger partial charge is 0.446 e.